The maximum absolute atomic E-state index is 12.0. The highest BCUT2D eigenvalue weighted by molar-refractivity contribution is 5.95. The lowest BCUT2D eigenvalue weighted by molar-refractivity contribution is -0.142. The number of aryl methyl sites for hydroxylation is 2. The first-order valence-corrected chi connectivity index (χ1v) is 8.37. The van der Waals surface area contributed by atoms with Crippen LogP contribution in [0.15, 0.2) is 42.5 Å². The molecule has 0 radical (unpaired) electrons. The third kappa shape index (κ3) is 5.60. The fourth-order valence-electron chi connectivity index (χ4n) is 2.44. The second-order valence-corrected chi connectivity index (χ2v) is 5.89. The van der Waals surface area contributed by atoms with E-state index in [-0.39, 0.29) is 6.61 Å². The van der Waals surface area contributed by atoms with Gasteiger partial charge in [-0.1, -0.05) is 24.3 Å². The lowest BCUT2D eigenvalue weighted by Gasteiger charge is -2.10. The van der Waals surface area contributed by atoms with E-state index >= 15 is 0 Å². The molecule has 0 saturated heterocycles. The number of anilines is 1. The van der Waals surface area contributed by atoms with Crippen LogP contribution in [0.5, 0.6) is 11.5 Å². The van der Waals surface area contributed by atoms with E-state index in [9.17, 15) is 9.59 Å². The molecule has 0 heterocycles. The average Bonchev–Trinajstić information content (AvgIpc) is 2.67. The normalized spacial score (nSPS) is 10.5. The second kappa shape index (κ2) is 9.43. The van der Waals surface area contributed by atoms with E-state index in [1.54, 1.807) is 24.3 Å². The maximum Gasteiger partial charge on any atom is 0.331 e. The number of para-hydroxylation sites is 1. The van der Waals surface area contributed by atoms with Gasteiger partial charge >= 0.3 is 5.97 Å². The van der Waals surface area contributed by atoms with Crippen molar-refractivity contribution < 1.29 is 23.8 Å². The van der Waals surface area contributed by atoms with Gasteiger partial charge in [0.25, 0.3) is 5.91 Å². The number of hydrogen-bond donors (Lipinski definition) is 1. The minimum absolute atomic E-state index is 0.369. The van der Waals surface area contributed by atoms with Gasteiger partial charge in [-0.3, -0.25) is 4.79 Å². The molecular weight excluding hydrogens is 346 g/mol. The van der Waals surface area contributed by atoms with Gasteiger partial charge in [0.2, 0.25) is 0 Å². The molecule has 0 bridgehead atoms. The van der Waals surface area contributed by atoms with Crippen molar-refractivity contribution in [1.29, 1.82) is 0 Å². The predicted octanol–water partition coefficient (Wildman–Crippen LogP) is 3.52. The zero-order valence-corrected chi connectivity index (χ0v) is 15.9. The van der Waals surface area contributed by atoms with Crippen molar-refractivity contribution in [3.63, 3.8) is 0 Å². The molecule has 1 N–H and O–H groups in total. The number of ether oxygens (including phenoxy) is 3. The number of benzene rings is 2. The molecule has 0 aromatic heterocycles. The van der Waals surface area contributed by atoms with Crippen LogP contribution in [-0.4, -0.2) is 32.7 Å². The molecule has 0 spiro atoms. The summed E-state index contributed by atoms with van der Waals surface area (Å²) in [4.78, 5) is 23.9. The molecule has 0 saturated carbocycles. The van der Waals surface area contributed by atoms with Crippen LogP contribution in [0.3, 0.4) is 0 Å². The fraction of sp³-hybridized carbons (Fsp3) is 0.238. The van der Waals surface area contributed by atoms with Crippen molar-refractivity contribution in [2.75, 3.05) is 26.1 Å². The van der Waals surface area contributed by atoms with Gasteiger partial charge in [0, 0.05) is 17.3 Å². The van der Waals surface area contributed by atoms with Gasteiger partial charge in [-0.15, -0.1) is 0 Å². The van der Waals surface area contributed by atoms with E-state index < -0.39 is 11.9 Å². The average molecular weight is 369 g/mol. The first-order valence-electron chi connectivity index (χ1n) is 8.37. The van der Waals surface area contributed by atoms with E-state index in [0.717, 1.165) is 11.1 Å². The number of carbonyl (C=O) groups is 2. The summed E-state index contributed by atoms with van der Waals surface area (Å²) in [6.45, 7) is 3.46. The molecule has 2 aromatic rings. The number of nitrogens with one attached hydrogen (secondary N) is 1. The summed E-state index contributed by atoms with van der Waals surface area (Å²) >= 11 is 0. The number of esters is 1. The second-order valence-electron chi connectivity index (χ2n) is 5.89. The number of amides is 1. The van der Waals surface area contributed by atoms with Crippen LogP contribution in [0.25, 0.3) is 6.08 Å². The van der Waals surface area contributed by atoms with Crippen LogP contribution in [0, 0.1) is 13.8 Å². The highest BCUT2D eigenvalue weighted by Gasteiger charge is 2.09. The molecule has 6 nitrogen and oxygen atoms in total. The lowest BCUT2D eigenvalue weighted by Crippen LogP contribution is -2.20. The Kier molecular flexibility index (Phi) is 7.00. The molecule has 1 amide bonds. The molecule has 0 fully saturated rings. The summed E-state index contributed by atoms with van der Waals surface area (Å²) in [5.74, 6) is 0.0398. The van der Waals surface area contributed by atoms with Gasteiger partial charge in [-0.2, -0.15) is 0 Å². The van der Waals surface area contributed by atoms with Crippen LogP contribution in [0.2, 0.25) is 0 Å². The van der Waals surface area contributed by atoms with Gasteiger partial charge in [0.1, 0.15) is 0 Å². The smallest absolute Gasteiger partial charge is 0.331 e. The first-order chi connectivity index (χ1) is 12.9. The summed E-state index contributed by atoms with van der Waals surface area (Å²) in [6.07, 6.45) is 2.79. The van der Waals surface area contributed by atoms with E-state index in [4.69, 9.17) is 14.2 Å². The van der Waals surface area contributed by atoms with Crippen molar-refractivity contribution in [3.05, 3.63) is 59.2 Å². The number of rotatable bonds is 7. The Bertz CT molecular complexity index is 858. The van der Waals surface area contributed by atoms with Crippen LogP contribution >= 0.6 is 0 Å². The quantitative estimate of drug-likeness (QED) is 0.597. The Morgan fingerprint density at radius 3 is 2.56 bits per heavy atom. The Labute approximate surface area is 158 Å². The topological polar surface area (TPSA) is 73.9 Å². The zero-order valence-electron chi connectivity index (χ0n) is 15.9. The maximum atomic E-state index is 12.0. The summed E-state index contributed by atoms with van der Waals surface area (Å²) in [5, 5.41) is 2.74. The Hall–Kier alpha value is -3.28. The minimum atomic E-state index is -0.629. The summed E-state index contributed by atoms with van der Waals surface area (Å²) in [7, 11) is 3.05. The Morgan fingerprint density at radius 2 is 1.85 bits per heavy atom. The number of hydrogen-bond acceptors (Lipinski definition) is 5. The highest BCUT2D eigenvalue weighted by atomic mass is 16.5. The van der Waals surface area contributed by atoms with Crippen molar-refractivity contribution in [3.8, 4) is 11.5 Å². The largest absolute Gasteiger partial charge is 0.493 e. The third-order valence-electron chi connectivity index (χ3n) is 3.85. The molecule has 2 aromatic carbocycles. The van der Waals surface area contributed by atoms with Crippen molar-refractivity contribution in [2.24, 2.45) is 0 Å². The molecule has 0 aliphatic carbocycles. The van der Waals surface area contributed by atoms with Gasteiger partial charge in [0.15, 0.2) is 18.1 Å². The summed E-state index contributed by atoms with van der Waals surface area (Å²) in [6, 6.07) is 11.1. The molecule has 142 valence electrons. The fourth-order valence-corrected chi connectivity index (χ4v) is 2.44. The monoisotopic (exact) mass is 369 g/mol. The van der Waals surface area contributed by atoms with Crippen molar-refractivity contribution in [2.45, 2.75) is 13.8 Å². The van der Waals surface area contributed by atoms with Gasteiger partial charge in [0.05, 0.1) is 14.2 Å². The molecule has 0 unspecified atom stereocenters. The standard InChI is InChI=1S/C21H23NO5/c1-14-8-9-15(2)17(12-14)22-19(23)13-27-20(24)11-10-16-6-5-7-18(25-3)21(16)26-4/h5-12H,13H2,1-4H3,(H,22,23)/b11-10+. The van der Waals surface area contributed by atoms with Crippen molar-refractivity contribution in [1.82, 2.24) is 0 Å². The molecule has 27 heavy (non-hydrogen) atoms. The van der Waals surface area contributed by atoms with E-state index in [1.807, 2.05) is 32.0 Å². The van der Waals surface area contributed by atoms with Crippen LogP contribution in [0.1, 0.15) is 16.7 Å². The first kappa shape index (κ1) is 20.0. The lowest BCUT2D eigenvalue weighted by atomic mass is 10.1. The van der Waals surface area contributed by atoms with Gasteiger partial charge in [-0.05, 0) is 43.2 Å². The van der Waals surface area contributed by atoms with Crippen LogP contribution in [-0.2, 0) is 14.3 Å². The number of methoxy groups -OCH3 is 2. The van der Waals surface area contributed by atoms with E-state index in [1.165, 1.54) is 20.3 Å². The number of carbonyl (C=O) groups excluding carboxylic acids is 2. The summed E-state index contributed by atoms with van der Waals surface area (Å²) in [5.41, 5.74) is 3.33. The highest BCUT2D eigenvalue weighted by Crippen LogP contribution is 2.31. The molecule has 6 heteroatoms. The predicted molar refractivity (Wildman–Crippen MR) is 104 cm³/mol. The Morgan fingerprint density at radius 1 is 1.07 bits per heavy atom. The van der Waals surface area contributed by atoms with E-state index in [2.05, 4.69) is 5.32 Å². The zero-order chi connectivity index (χ0) is 19.8. The third-order valence-corrected chi connectivity index (χ3v) is 3.85. The molecule has 0 aliphatic heterocycles. The summed E-state index contributed by atoms with van der Waals surface area (Å²) < 4.78 is 15.5. The van der Waals surface area contributed by atoms with Gasteiger partial charge < -0.3 is 19.5 Å². The van der Waals surface area contributed by atoms with Crippen LogP contribution in [0.4, 0.5) is 5.69 Å². The molecular formula is C21H23NO5. The van der Waals surface area contributed by atoms with Crippen molar-refractivity contribution >= 4 is 23.6 Å². The van der Waals surface area contributed by atoms with Crippen LogP contribution < -0.4 is 14.8 Å². The minimum Gasteiger partial charge on any atom is -0.493 e. The molecule has 2 rings (SSSR count). The van der Waals surface area contributed by atoms with Gasteiger partial charge in [-0.25, -0.2) is 4.79 Å². The molecule has 0 aliphatic rings. The SMILES string of the molecule is COc1cccc(/C=C/C(=O)OCC(=O)Nc2cc(C)ccc2C)c1OC. The Balaban J connectivity index is 1.93. The van der Waals surface area contributed by atoms with E-state index in [0.29, 0.717) is 22.7 Å². The molecule has 0 atom stereocenters.